The number of hydrogen-bond donors (Lipinski definition) is 2. The summed E-state index contributed by atoms with van der Waals surface area (Å²) in [6, 6.07) is 0. The Labute approximate surface area is 136 Å². The Hall–Kier alpha value is -0.940. The first-order valence-electron chi connectivity index (χ1n) is 4.34. The first-order valence-corrected chi connectivity index (χ1v) is 4.34. The summed E-state index contributed by atoms with van der Waals surface area (Å²) in [6.07, 6.45) is 0. The van der Waals surface area contributed by atoms with Crippen molar-refractivity contribution in [3.8, 4) is 0 Å². The molecule has 0 spiro atoms. The molecule has 104 valence electrons. The Bertz CT molecular complexity index is 272. The normalized spacial score (nSPS) is 8.11. The number of rotatable bonds is 4. The number of carbonyl (C=O) groups is 4. The van der Waals surface area contributed by atoms with Gasteiger partial charge in [0.2, 0.25) is 0 Å². The van der Waals surface area contributed by atoms with E-state index >= 15 is 0 Å². The second kappa shape index (κ2) is 15.1. The number of aliphatic hydroxyl groups excluding tert-OH is 2. The fourth-order valence-corrected chi connectivity index (χ4v) is 0.387. The van der Waals surface area contributed by atoms with Crippen LogP contribution in [0.1, 0.15) is 0 Å². The number of aliphatic hydroxyl groups is 2. The largest absolute Gasteiger partial charge is 2.00 e. The van der Waals surface area contributed by atoms with Gasteiger partial charge in [-0.05, 0) is 0 Å². The molecule has 0 fully saturated rings. The van der Waals surface area contributed by atoms with Crippen molar-refractivity contribution in [2.24, 2.45) is 0 Å². The minimum Gasteiger partial charge on any atom is -0.539 e. The van der Waals surface area contributed by atoms with Gasteiger partial charge in [0.15, 0.2) is 11.9 Å². The fraction of sp³-hybridized carbons (Fsp3) is 0.500. The third-order valence-electron chi connectivity index (χ3n) is 0.983. The molecule has 11 heteroatoms. The van der Waals surface area contributed by atoms with Gasteiger partial charge in [-0.1, -0.05) is 0 Å². The molecule has 0 aromatic carbocycles. The minimum atomic E-state index is -2.05. The van der Waals surface area contributed by atoms with Crippen LogP contribution in [0.3, 0.4) is 0 Å². The van der Waals surface area contributed by atoms with Crippen molar-refractivity contribution < 1.29 is 49.1 Å². The second-order valence-electron chi connectivity index (χ2n) is 2.29. The smallest absolute Gasteiger partial charge is 0.539 e. The summed E-state index contributed by atoms with van der Waals surface area (Å²) < 4.78 is 7.88. The van der Waals surface area contributed by atoms with Crippen LogP contribution >= 0.6 is 0 Å². The van der Waals surface area contributed by atoms with Crippen molar-refractivity contribution in [2.75, 3.05) is 26.4 Å². The van der Waals surface area contributed by atoms with Gasteiger partial charge >= 0.3 is 49.7 Å². The molecule has 0 bridgehead atoms. The number of carboxylic acids is 2. The van der Waals surface area contributed by atoms with Crippen molar-refractivity contribution in [1.29, 1.82) is 0 Å². The van der Waals surface area contributed by atoms with Crippen LogP contribution < -0.4 is 10.2 Å². The van der Waals surface area contributed by atoms with Gasteiger partial charge in [0.25, 0.3) is 0 Å². The van der Waals surface area contributed by atoms with E-state index in [0.29, 0.717) is 0 Å². The van der Waals surface area contributed by atoms with Crippen LogP contribution in [0, 0.1) is 0 Å². The Morgan fingerprint density at radius 1 is 0.789 bits per heavy atom. The number of hydrogen-bond acceptors (Lipinski definition) is 10. The summed E-state index contributed by atoms with van der Waals surface area (Å²) in [5.74, 6) is -7.35. The van der Waals surface area contributed by atoms with Gasteiger partial charge in [-0.3, -0.25) is 0 Å². The van der Waals surface area contributed by atoms with Crippen LogP contribution in [-0.2, 0) is 28.7 Å². The predicted molar refractivity (Wildman–Crippen MR) is 51.9 cm³/mol. The molecule has 2 N–H and O–H groups in total. The summed E-state index contributed by atoms with van der Waals surface area (Å²) in [5.41, 5.74) is 0. The van der Waals surface area contributed by atoms with Crippen LogP contribution in [0.15, 0.2) is 0 Å². The maximum Gasteiger partial charge on any atom is 2.00 e. The van der Waals surface area contributed by atoms with Gasteiger partial charge < -0.3 is 39.5 Å². The van der Waals surface area contributed by atoms with E-state index in [1.807, 2.05) is 0 Å². The van der Waals surface area contributed by atoms with E-state index < -0.39 is 37.1 Å². The predicted octanol–water partition coefficient (Wildman–Crippen LogP) is -5.84. The first kappa shape index (κ1) is 23.2. The second-order valence-corrected chi connectivity index (χ2v) is 2.29. The summed E-state index contributed by atoms with van der Waals surface area (Å²) in [4.78, 5) is 39.8. The molecule has 0 aromatic heterocycles. The van der Waals surface area contributed by atoms with Crippen molar-refractivity contribution in [2.45, 2.75) is 0 Å². The molecular formula is C8H10CaO10. The third-order valence-corrected chi connectivity index (χ3v) is 0.983. The number of carbonyl (C=O) groups excluding carboxylic acids is 4. The van der Waals surface area contributed by atoms with Gasteiger partial charge in [-0.15, -0.1) is 0 Å². The van der Waals surface area contributed by atoms with E-state index in [1.54, 1.807) is 0 Å². The van der Waals surface area contributed by atoms with Crippen LogP contribution in [-0.4, -0.2) is 98.3 Å². The van der Waals surface area contributed by atoms with E-state index in [0.717, 1.165) is 0 Å². The van der Waals surface area contributed by atoms with Crippen LogP contribution in [0.4, 0.5) is 0 Å². The SMILES string of the molecule is O=C([O-])C(=O)OCCOC(=O)C(=O)[O-].OCCO.[Ca+2]. The zero-order valence-corrected chi connectivity index (χ0v) is 11.9. The molecule has 0 atom stereocenters. The van der Waals surface area contributed by atoms with E-state index in [1.165, 1.54) is 0 Å². The van der Waals surface area contributed by atoms with Crippen molar-refractivity contribution in [3.05, 3.63) is 0 Å². The zero-order chi connectivity index (χ0) is 14.6. The van der Waals surface area contributed by atoms with E-state index in [4.69, 9.17) is 10.2 Å². The summed E-state index contributed by atoms with van der Waals surface area (Å²) in [5, 5.41) is 34.7. The molecule has 0 saturated carbocycles. The molecule has 0 rings (SSSR count). The molecule has 0 saturated heterocycles. The minimum absolute atomic E-state index is 0. The Morgan fingerprint density at radius 3 is 1.21 bits per heavy atom. The van der Waals surface area contributed by atoms with E-state index in [2.05, 4.69) is 9.47 Å². The molecule has 0 unspecified atom stereocenters. The zero-order valence-electron chi connectivity index (χ0n) is 9.70. The third kappa shape index (κ3) is 17.1. The molecule has 0 heterocycles. The summed E-state index contributed by atoms with van der Waals surface area (Å²) >= 11 is 0. The maximum atomic E-state index is 10.2. The molecule has 0 amide bonds. The van der Waals surface area contributed by atoms with Gasteiger partial charge in [-0.2, -0.15) is 0 Å². The average Bonchev–Trinajstić information content (AvgIpc) is 2.33. The van der Waals surface area contributed by atoms with Crippen LogP contribution in [0.25, 0.3) is 0 Å². The fourth-order valence-electron chi connectivity index (χ4n) is 0.387. The maximum absolute atomic E-state index is 10.2. The van der Waals surface area contributed by atoms with Gasteiger partial charge in [-0.25, -0.2) is 9.59 Å². The van der Waals surface area contributed by atoms with E-state index in [-0.39, 0.29) is 51.0 Å². The monoisotopic (exact) mass is 306 g/mol. The molecule has 0 aliphatic carbocycles. The Kier molecular flexibility index (Phi) is 18.4. The molecule has 19 heavy (non-hydrogen) atoms. The summed E-state index contributed by atoms with van der Waals surface area (Å²) in [7, 11) is 0. The van der Waals surface area contributed by atoms with Crippen molar-refractivity contribution in [1.82, 2.24) is 0 Å². The molecule has 0 aliphatic heterocycles. The Morgan fingerprint density at radius 2 is 1.05 bits per heavy atom. The van der Waals surface area contributed by atoms with Gasteiger partial charge in [0.1, 0.15) is 13.2 Å². The molecule has 10 nitrogen and oxygen atoms in total. The molecule has 0 aromatic rings. The molecular weight excluding hydrogens is 296 g/mol. The number of carboxylic acid groups (broad SMARTS) is 2. The standard InChI is InChI=1S/C6H6O8.C2H6O2.Ca/c7-3(8)5(11)13-1-2-14-6(12)4(9)10;3-1-2-4;/h1-2H2,(H,7,8)(H,9,10);3-4H,1-2H2;/q;;+2/p-2. The van der Waals surface area contributed by atoms with E-state index in [9.17, 15) is 29.4 Å². The number of aliphatic carboxylic acids is 2. The van der Waals surface area contributed by atoms with Gasteiger partial charge in [0, 0.05) is 0 Å². The first-order chi connectivity index (χ1) is 8.36. The van der Waals surface area contributed by atoms with Crippen molar-refractivity contribution >= 4 is 61.6 Å². The number of esters is 2. The average molecular weight is 306 g/mol. The van der Waals surface area contributed by atoms with Crippen LogP contribution in [0.5, 0.6) is 0 Å². The van der Waals surface area contributed by atoms with Gasteiger partial charge in [0.05, 0.1) is 13.2 Å². The summed E-state index contributed by atoms with van der Waals surface area (Å²) in [6.45, 7) is -1.41. The molecule has 0 radical (unpaired) electrons. The van der Waals surface area contributed by atoms with Crippen molar-refractivity contribution in [3.63, 3.8) is 0 Å². The number of ether oxygens (including phenoxy) is 2. The van der Waals surface area contributed by atoms with Crippen LogP contribution in [0.2, 0.25) is 0 Å². The molecule has 0 aliphatic rings. The quantitative estimate of drug-likeness (QED) is 0.220. The topological polar surface area (TPSA) is 173 Å². The Balaban J connectivity index is -0.000000448.